The predicted molar refractivity (Wildman–Crippen MR) is 69.6 cm³/mol. The zero-order valence-corrected chi connectivity index (χ0v) is 11.9. The van der Waals surface area contributed by atoms with E-state index < -0.39 is 17.3 Å². The van der Waals surface area contributed by atoms with Gasteiger partial charge in [-0.05, 0) is 24.2 Å². The maximum Gasteiger partial charge on any atom is 0.307 e. The van der Waals surface area contributed by atoms with Gasteiger partial charge in [-0.1, -0.05) is 13.8 Å². The highest BCUT2D eigenvalue weighted by Gasteiger charge is 2.66. The zero-order valence-electron chi connectivity index (χ0n) is 11.9. The Balaban J connectivity index is 1.91. The molecule has 0 aromatic carbocycles. The van der Waals surface area contributed by atoms with E-state index in [1.165, 1.54) is 0 Å². The van der Waals surface area contributed by atoms with E-state index in [9.17, 15) is 9.59 Å². The summed E-state index contributed by atoms with van der Waals surface area (Å²) in [4.78, 5) is 25.3. The topological polar surface area (TPSA) is 66.8 Å². The second-order valence-corrected chi connectivity index (χ2v) is 6.34. The summed E-state index contributed by atoms with van der Waals surface area (Å²) in [5, 5.41) is 9.13. The number of likely N-dealkylation sites (tertiary alicyclic amines) is 1. The van der Waals surface area contributed by atoms with Crippen molar-refractivity contribution >= 4 is 11.9 Å². The van der Waals surface area contributed by atoms with Gasteiger partial charge in [0.15, 0.2) is 0 Å². The molecule has 0 radical (unpaired) electrons. The number of aliphatic carboxylic acids is 1. The van der Waals surface area contributed by atoms with Crippen molar-refractivity contribution in [2.24, 2.45) is 23.2 Å². The van der Waals surface area contributed by atoms with Crippen LogP contribution in [-0.2, 0) is 14.3 Å². The number of piperidine rings is 1. The molecule has 5 heteroatoms. The van der Waals surface area contributed by atoms with E-state index in [1.807, 2.05) is 18.7 Å². The molecule has 2 rings (SSSR count). The highest BCUT2D eigenvalue weighted by atomic mass is 16.5. The molecule has 1 saturated carbocycles. The predicted octanol–water partition coefficient (Wildman–Crippen LogP) is 1.23. The first-order chi connectivity index (χ1) is 8.89. The number of methoxy groups -OCH3 is 1. The van der Waals surface area contributed by atoms with Crippen LogP contribution < -0.4 is 0 Å². The Morgan fingerprint density at radius 3 is 2.26 bits per heavy atom. The van der Waals surface area contributed by atoms with E-state index in [2.05, 4.69) is 0 Å². The fourth-order valence-electron chi connectivity index (χ4n) is 3.31. The maximum atomic E-state index is 12.4. The van der Waals surface area contributed by atoms with Gasteiger partial charge in [0.25, 0.3) is 0 Å². The Morgan fingerprint density at radius 1 is 1.26 bits per heavy atom. The number of hydrogen-bond donors (Lipinski definition) is 1. The summed E-state index contributed by atoms with van der Waals surface area (Å²) < 4.78 is 5.14. The molecule has 0 bridgehead atoms. The molecule has 108 valence electrons. The molecule has 2 fully saturated rings. The van der Waals surface area contributed by atoms with Crippen molar-refractivity contribution in [1.82, 2.24) is 4.90 Å². The third-order valence-electron chi connectivity index (χ3n) is 4.69. The van der Waals surface area contributed by atoms with E-state index >= 15 is 0 Å². The second kappa shape index (κ2) is 5.12. The number of carboxylic acids is 1. The molecule has 1 heterocycles. The average Bonchev–Trinajstić information content (AvgIpc) is 2.93. The van der Waals surface area contributed by atoms with Gasteiger partial charge < -0.3 is 14.7 Å². The number of hydrogen-bond acceptors (Lipinski definition) is 3. The van der Waals surface area contributed by atoms with Crippen molar-refractivity contribution in [2.45, 2.75) is 26.7 Å². The van der Waals surface area contributed by atoms with Crippen LogP contribution in [0, 0.1) is 23.2 Å². The number of amides is 1. The highest BCUT2D eigenvalue weighted by Crippen LogP contribution is 2.59. The molecule has 2 unspecified atom stereocenters. The lowest BCUT2D eigenvalue weighted by Gasteiger charge is -2.32. The van der Waals surface area contributed by atoms with Crippen LogP contribution >= 0.6 is 0 Å². The molecule has 1 saturated heterocycles. The average molecular weight is 269 g/mol. The van der Waals surface area contributed by atoms with Crippen molar-refractivity contribution in [2.75, 3.05) is 26.8 Å². The summed E-state index contributed by atoms with van der Waals surface area (Å²) in [5.74, 6) is -1.16. The number of carbonyl (C=O) groups excluding carboxylic acids is 1. The van der Waals surface area contributed by atoms with Crippen LogP contribution in [0.15, 0.2) is 0 Å². The summed E-state index contributed by atoms with van der Waals surface area (Å²) in [5.41, 5.74) is -0.397. The van der Waals surface area contributed by atoms with Crippen molar-refractivity contribution < 1.29 is 19.4 Å². The fraction of sp³-hybridized carbons (Fsp3) is 0.857. The van der Waals surface area contributed by atoms with Crippen molar-refractivity contribution in [3.8, 4) is 0 Å². The lowest BCUT2D eigenvalue weighted by atomic mass is 9.97. The van der Waals surface area contributed by atoms with Gasteiger partial charge in [-0.25, -0.2) is 0 Å². The van der Waals surface area contributed by atoms with Gasteiger partial charge in [0, 0.05) is 26.8 Å². The van der Waals surface area contributed by atoms with E-state index in [0.29, 0.717) is 5.92 Å². The molecule has 1 amide bonds. The first-order valence-electron chi connectivity index (χ1n) is 6.90. The summed E-state index contributed by atoms with van der Waals surface area (Å²) in [6.07, 6.45) is 1.90. The van der Waals surface area contributed by atoms with Crippen LogP contribution in [0.2, 0.25) is 0 Å². The Bertz CT molecular complexity index is 372. The SMILES string of the molecule is COCC1CCN(C(=O)C2C(C(=O)O)C2(C)C)CC1. The molecule has 2 atom stereocenters. The van der Waals surface area contributed by atoms with Crippen LogP contribution in [-0.4, -0.2) is 48.7 Å². The number of carboxylic acid groups (broad SMARTS) is 1. The molecule has 5 nitrogen and oxygen atoms in total. The molecule has 1 aliphatic carbocycles. The van der Waals surface area contributed by atoms with Crippen LogP contribution in [0.3, 0.4) is 0 Å². The molecule has 1 N–H and O–H groups in total. The smallest absolute Gasteiger partial charge is 0.307 e. The molecular weight excluding hydrogens is 246 g/mol. The first kappa shape index (κ1) is 14.3. The number of ether oxygens (including phenoxy) is 1. The Kier molecular flexibility index (Phi) is 3.85. The van der Waals surface area contributed by atoms with E-state index in [4.69, 9.17) is 9.84 Å². The number of nitrogens with zero attached hydrogens (tertiary/aromatic N) is 1. The van der Waals surface area contributed by atoms with Gasteiger partial charge in [0.05, 0.1) is 11.8 Å². The van der Waals surface area contributed by atoms with Gasteiger partial charge in [-0.15, -0.1) is 0 Å². The third kappa shape index (κ3) is 2.61. The monoisotopic (exact) mass is 269 g/mol. The minimum atomic E-state index is -0.849. The normalized spacial score (nSPS) is 30.2. The molecule has 0 aromatic heterocycles. The van der Waals surface area contributed by atoms with Gasteiger partial charge in [-0.2, -0.15) is 0 Å². The van der Waals surface area contributed by atoms with Crippen molar-refractivity contribution in [1.29, 1.82) is 0 Å². The Labute approximate surface area is 113 Å². The molecule has 0 spiro atoms. The molecule has 1 aliphatic heterocycles. The lowest BCUT2D eigenvalue weighted by Crippen LogP contribution is -2.41. The molecule has 19 heavy (non-hydrogen) atoms. The highest BCUT2D eigenvalue weighted by molar-refractivity contribution is 5.91. The number of carbonyl (C=O) groups is 2. The molecule has 0 aromatic rings. The number of rotatable bonds is 4. The Morgan fingerprint density at radius 2 is 1.84 bits per heavy atom. The quantitative estimate of drug-likeness (QED) is 0.833. The van der Waals surface area contributed by atoms with E-state index in [0.717, 1.165) is 32.5 Å². The van der Waals surface area contributed by atoms with Crippen LogP contribution in [0.4, 0.5) is 0 Å². The molecule has 2 aliphatic rings. The Hall–Kier alpha value is -1.10. The summed E-state index contributed by atoms with van der Waals surface area (Å²) in [6.45, 7) is 5.93. The molecular formula is C14H23NO4. The maximum absolute atomic E-state index is 12.4. The standard InChI is InChI=1S/C14H23NO4/c1-14(2)10(11(14)13(17)18)12(16)15-6-4-9(5-7-15)8-19-3/h9-11H,4-8H2,1-3H3,(H,17,18). The summed E-state index contributed by atoms with van der Waals surface area (Å²) in [7, 11) is 1.70. The van der Waals surface area contributed by atoms with E-state index in [-0.39, 0.29) is 11.8 Å². The van der Waals surface area contributed by atoms with Crippen molar-refractivity contribution in [3.63, 3.8) is 0 Å². The van der Waals surface area contributed by atoms with Gasteiger partial charge in [0.2, 0.25) is 5.91 Å². The minimum absolute atomic E-state index is 0.0215. The van der Waals surface area contributed by atoms with Gasteiger partial charge in [0.1, 0.15) is 0 Å². The minimum Gasteiger partial charge on any atom is -0.481 e. The summed E-state index contributed by atoms with van der Waals surface area (Å²) in [6, 6.07) is 0. The van der Waals surface area contributed by atoms with Gasteiger partial charge >= 0.3 is 5.97 Å². The van der Waals surface area contributed by atoms with Gasteiger partial charge in [-0.3, -0.25) is 9.59 Å². The van der Waals surface area contributed by atoms with Crippen LogP contribution in [0.25, 0.3) is 0 Å². The summed E-state index contributed by atoms with van der Waals surface area (Å²) >= 11 is 0. The van der Waals surface area contributed by atoms with Crippen molar-refractivity contribution in [3.05, 3.63) is 0 Å². The third-order valence-corrected chi connectivity index (χ3v) is 4.69. The largest absolute Gasteiger partial charge is 0.481 e. The van der Waals surface area contributed by atoms with Crippen LogP contribution in [0.1, 0.15) is 26.7 Å². The second-order valence-electron chi connectivity index (χ2n) is 6.34. The fourth-order valence-corrected chi connectivity index (χ4v) is 3.31. The van der Waals surface area contributed by atoms with Crippen LogP contribution in [0.5, 0.6) is 0 Å². The zero-order chi connectivity index (χ0) is 14.2. The lowest BCUT2D eigenvalue weighted by molar-refractivity contribution is -0.142. The first-order valence-corrected chi connectivity index (χ1v) is 6.90. The van der Waals surface area contributed by atoms with E-state index in [1.54, 1.807) is 7.11 Å².